The minimum Gasteiger partial charge on any atom is -0.330 e. The van der Waals surface area contributed by atoms with Gasteiger partial charge in [0.05, 0.1) is 0 Å². The molecule has 0 atom stereocenters. The highest BCUT2D eigenvalue weighted by Crippen LogP contribution is 2.17. The molecule has 0 unspecified atom stereocenters. The zero-order valence-electron chi connectivity index (χ0n) is 12.0. The number of anilines is 1. The maximum Gasteiger partial charge on any atom is 0.258 e. The first-order chi connectivity index (χ1) is 9.61. The summed E-state index contributed by atoms with van der Waals surface area (Å²) >= 11 is 0. The molecule has 0 aliphatic carbocycles. The van der Waals surface area contributed by atoms with Gasteiger partial charge in [-0.1, -0.05) is 24.3 Å². The predicted octanol–water partition coefficient (Wildman–Crippen LogP) is 2.77. The Balaban J connectivity index is 2.18. The van der Waals surface area contributed by atoms with Crippen LogP contribution in [0.3, 0.4) is 0 Å². The maximum absolute atomic E-state index is 12.4. The molecule has 0 saturated heterocycles. The molecule has 104 valence electrons. The third kappa shape index (κ3) is 3.25. The third-order valence-corrected chi connectivity index (χ3v) is 3.33. The van der Waals surface area contributed by atoms with Crippen molar-refractivity contribution in [2.75, 3.05) is 18.5 Å². The minimum atomic E-state index is -0.00472. The monoisotopic (exact) mass is 268 g/mol. The van der Waals surface area contributed by atoms with Crippen molar-refractivity contribution in [1.29, 1.82) is 0 Å². The molecule has 0 bridgehead atoms. The molecular formula is C17H20N2O. The fraction of sp³-hybridized carbons (Fsp3) is 0.235. The Labute approximate surface area is 120 Å². The van der Waals surface area contributed by atoms with E-state index in [9.17, 15) is 4.79 Å². The van der Waals surface area contributed by atoms with Gasteiger partial charge in [0.2, 0.25) is 0 Å². The third-order valence-electron chi connectivity index (χ3n) is 3.33. The van der Waals surface area contributed by atoms with E-state index < -0.39 is 0 Å². The summed E-state index contributed by atoms with van der Waals surface area (Å²) in [6.07, 6.45) is 0.836. The van der Waals surface area contributed by atoms with Crippen LogP contribution in [0.5, 0.6) is 0 Å². The molecule has 0 heterocycles. The summed E-state index contributed by atoms with van der Waals surface area (Å²) in [5, 5.41) is 0. The first-order valence-electron chi connectivity index (χ1n) is 6.75. The lowest BCUT2D eigenvalue weighted by atomic mass is 10.1. The van der Waals surface area contributed by atoms with Gasteiger partial charge in [-0.05, 0) is 55.3 Å². The highest BCUT2D eigenvalue weighted by molar-refractivity contribution is 6.05. The fourth-order valence-electron chi connectivity index (χ4n) is 2.13. The Morgan fingerprint density at radius 3 is 2.45 bits per heavy atom. The molecule has 0 fully saturated rings. The van der Waals surface area contributed by atoms with E-state index in [4.69, 9.17) is 5.73 Å². The number of nitrogens with two attached hydrogens (primary N) is 1. The highest BCUT2D eigenvalue weighted by Gasteiger charge is 2.13. The van der Waals surface area contributed by atoms with E-state index in [1.807, 2.05) is 55.5 Å². The van der Waals surface area contributed by atoms with Gasteiger partial charge in [0.1, 0.15) is 0 Å². The van der Waals surface area contributed by atoms with Crippen LogP contribution in [0.4, 0.5) is 5.69 Å². The SMILES string of the molecule is Cc1cccc(N(C)C(=O)c2ccc(CCN)cc2)c1. The number of carbonyl (C=O) groups excluding carboxylic acids is 1. The van der Waals surface area contributed by atoms with Gasteiger partial charge >= 0.3 is 0 Å². The number of hydrogen-bond donors (Lipinski definition) is 1. The average molecular weight is 268 g/mol. The molecule has 2 N–H and O–H groups in total. The number of rotatable bonds is 4. The van der Waals surface area contributed by atoms with Gasteiger partial charge in [-0.25, -0.2) is 0 Å². The van der Waals surface area contributed by atoms with Gasteiger partial charge in [0.15, 0.2) is 0 Å². The Morgan fingerprint density at radius 1 is 1.15 bits per heavy atom. The summed E-state index contributed by atoms with van der Waals surface area (Å²) in [5.74, 6) is -0.00472. The summed E-state index contributed by atoms with van der Waals surface area (Å²) in [6, 6.07) is 15.6. The Bertz CT molecular complexity index is 590. The summed E-state index contributed by atoms with van der Waals surface area (Å²) in [6.45, 7) is 2.64. The van der Waals surface area contributed by atoms with Gasteiger partial charge in [-0.15, -0.1) is 0 Å². The van der Waals surface area contributed by atoms with Crippen molar-refractivity contribution in [2.45, 2.75) is 13.3 Å². The van der Waals surface area contributed by atoms with Crippen LogP contribution in [-0.2, 0) is 6.42 Å². The van der Waals surface area contributed by atoms with Crippen molar-refractivity contribution in [2.24, 2.45) is 5.73 Å². The van der Waals surface area contributed by atoms with Crippen LogP contribution in [0.25, 0.3) is 0 Å². The zero-order valence-corrected chi connectivity index (χ0v) is 12.0. The van der Waals surface area contributed by atoms with Crippen molar-refractivity contribution < 1.29 is 4.79 Å². The molecule has 2 aromatic rings. The second kappa shape index (κ2) is 6.35. The Kier molecular flexibility index (Phi) is 4.53. The lowest BCUT2D eigenvalue weighted by Gasteiger charge is -2.18. The number of carbonyl (C=O) groups is 1. The minimum absolute atomic E-state index is 0.00472. The van der Waals surface area contributed by atoms with Crippen LogP contribution >= 0.6 is 0 Å². The highest BCUT2D eigenvalue weighted by atomic mass is 16.2. The van der Waals surface area contributed by atoms with E-state index in [0.29, 0.717) is 12.1 Å². The summed E-state index contributed by atoms with van der Waals surface area (Å²) in [5.41, 5.74) is 9.41. The molecule has 3 nitrogen and oxygen atoms in total. The van der Waals surface area contributed by atoms with E-state index in [0.717, 1.165) is 23.2 Å². The first kappa shape index (κ1) is 14.3. The average Bonchev–Trinajstić information content (AvgIpc) is 2.47. The number of hydrogen-bond acceptors (Lipinski definition) is 2. The summed E-state index contributed by atoms with van der Waals surface area (Å²) in [7, 11) is 1.80. The second-order valence-corrected chi connectivity index (χ2v) is 4.94. The van der Waals surface area contributed by atoms with E-state index in [1.165, 1.54) is 0 Å². The topological polar surface area (TPSA) is 46.3 Å². The maximum atomic E-state index is 12.4. The molecule has 2 aromatic carbocycles. The van der Waals surface area contributed by atoms with Crippen LogP contribution in [0.2, 0.25) is 0 Å². The number of amides is 1. The fourth-order valence-corrected chi connectivity index (χ4v) is 2.13. The number of aryl methyl sites for hydroxylation is 1. The normalized spacial score (nSPS) is 10.3. The molecule has 0 aliphatic rings. The molecule has 0 radical (unpaired) electrons. The first-order valence-corrected chi connectivity index (χ1v) is 6.75. The van der Waals surface area contributed by atoms with E-state index in [-0.39, 0.29) is 5.91 Å². The lowest BCUT2D eigenvalue weighted by molar-refractivity contribution is 0.0993. The van der Waals surface area contributed by atoms with Crippen molar-refractivity contribution >= 4 is 11.6 Å². The predicted molar refractivity (Wildman–Crippen MR) is 83.1 cm³/mol. The van der Waals surface area contributed by atoms with Gasteiger partial charge in [-0.3, -0.25) is 4.79 Å². The van der Waals surface area contributed by atoms with Crippen molar-refractivity contribution in [1.82, 2.24) is 0 Å². The summed E-state index contributed by atoms with van der Waals surface area (Å²) < 4.78 is 0. The molecule has 0 spiro atoms. The quantitative estimate of drug-likeness (QED) is 0.926. The van der Waals surface area contributed by atoms with E-state index in [2.05, 4.69) is 0 Å². The Hall–Kier alpha value is -2.13. The second-order valence-electron chi connectivity index (χ2n) is 4.94. The molecule has 3 heteroatoms. The van der Waals surface area contributed by atoms with Crippen molar-refractivity contribution in [3.05, 3.63) is 65.2 Å². The van der Waals surface area contributed by atoms with Crippen LogP contribution in [0, 0.1) is 6.92 Å². The summed E-state index contributed by atoms with van der Waals surface area (Å²) in [4.78, 5) is 14.1. The van der Waals surface area contributed by atoms with Crippen molar-refractivity contribution in [3.63, 3.8) is 0 Å². The van der Waals surface area contributed by atoms with Crippen molar-refractivity contribution in [3.8, 4) is 0 Å². The molecule has 0 aliphatic heterocycles. The molecule has 0 saturated carbocycles. The zero-order chi connectivity index (χ0) is 14.5. The molecule has 0 aromatic heterocycles. The number of nitrogens with zero attached hydrogens (tertiary/aromatic N) is 1. The van der Waals surface area contributed by atoms with Crippen LogP contribution < -0.4 is 10.6 Å². The number of benzene rings is 2. The van der Waals surface area contributed by atoms with Gasteiger partial charge in [-0.2, -0.15) is 0 Å². The standard InChI is InChI=1S/C17H20N2O/c1-13-4-3-5-16(12-13)19(2)17(20)15-8-6-14(7-9-15)10-11-18/h3-9,12H,10-11,18H2,1-2H3. The van der Waals surface area contributed by atoms with Crippen LogP contribution in [0.15, 0.2) is 48.5 Å². The molecule has 2 rings (SSSR count). The van der Waals surface area contributed by atoms with Gasteiger partial charge < -0.3 is 10.6 Å². The van der Waals surface area contributed by atoms with Gasteiger partial charge in [0, 0.05) is 18.3 Å². The van der Waals surface area contributed by atoms with Gasteiger partial charge in [0.25, 0.3) is 5.91 Å². The smallest absolute Gasteiger partial charge is 0.258 e. The molecular weight excluding hydrogens is 248 g/mol. The van der Waals surface area contributed by atoms with Crippen LogP contribution in [0.1, 0.15) is 21.5 Å². The molecule has 1 amide bonds. The molecule has 20 heavy (non-hydrogen) atoms. The van der Waals surface area contributed by atoms with Crippen LogP contribution in [-0.4, -0.2) is 19.5 Å². The lowest BCUT2D eigenvalue weighted by Crippen LogP contribution is -2.26. The van der Waals surface area contributed by atoms with E-state index >= 15 is 0 Å². The van der Waals surface area contributed by atoms with E-state index in [1.54, 1.807) is 11.9 Å². The Morgan fingerprint density at radius 2 is 1.85 bits per heavy atom. The largest absolute Gasteiger partial charge is 0.330 e.